The molecule has 3 N–H and O–H groups in total. The second kappa shape index (κ2) is 9.94. The molecule has 0 unspecified atom stereocenters. The Hall–Kier alpha value is -2.98. The molecule has 1 atom stereocenters. The molecule has 2 heterocycles. The minimum absolute atomic E-state index is 0.0159. The fourth-order valence-electron chi connectivity index (χ4n) is 4.32. The summed E-state index contributed by atoms with van der Waals surface area (Å²) in [6.45, 7) is 8.44. The number of anilines is 3. The molecule has 4 rings (SSSR count). The molecule has 7 nitrogen and oxygen atoms in total. The number of hydrogen-bond acceptors (Lipinski definition) is 7. The Kier molecular flexibility index (Phi) is 7.14. The summed E-state index contributed by atoms with van der Waals surface area (Å²) in [7, 11) is 1.61. The van der Waals surface area contributed by atoms with Crippen molar-refractivity contribution < 1.29 is 17.9 Å². The quantitative estimate of drug-likeness (QED) is 0.349. The number of nitrogens with zero attached hydrogens (tertiary/aromatic N) is 4. The molecule has 0 spiro atoms. The van der Waals surface area contributed by atoms with Gasteiger partial charge in [-0.3, -0.25) is 0 Å². The first-order valence-corrected chi connectivity index (χ1v) is 11.7. The number of hydrogen-bond donors (Lipinski definition) is 2. The lowest BCUT2D eigenvalue weighted by molar-refractivity contribution is -0.137. The van der Waals surface area contributed by atoms with E-state index < -0.39 is 17.8 Å². The molecule has 0 bridgehead atoms. The van der Waals surface area contributed by atoms with Crippen molar-refractivity contribution in [2.45, 2.75) is 26.1 Å². The van der Waals surface area contributed by atoms with Crippen LogP contribution in [-0.4, -0.2) is 54.7 Å². The van der Waals surface area contributed by atoms with Crippen molar-refractivity contribution in [3.8, 4) is 5.75 Å². The fraction of sp³-hybridized carbons (Fsp3) is 0.417. The van der Waals surface area contributed by atoms with Gasteiger partial charge in [-0.1, -0.05) is 6.92 Å². The van der Waals surface area contributed by atoms with Gasteiger partial charge in [0.1, 0.15) is 11.6 Å². The minimum Gasteiger partial charge on any atom is -0.495 e. The van der Waals surface area contributed by atoms with Crippen LogP contribution in [0.25, 0.3) is 10.9 Å². The Labute approximate surface area is 207 Å². The molecule has 1 saturated heterocycles. The highest BCUT2D eigenvalue weighted by Crippen LogP contribution is 2.38. The van der Waals surface area contributed by atoms with Crippen molar-refractivity contribution in [1.82, 2.24) is 14.9 Å². The Morgan fingerprint density at radius 1 is 1.11 bits per heavy atom. The summed E-state index contributed by atoms with van der Waals surface area (Å²) in [5, 5.41) is 3.91. The van der Waals surface area contributed by atoms with E-state index in [4.69, 9.17) is 22.1 Å². The van der Waals surface area contributed by atoms with Crippen molar-refractivity contribution in [2.75, 3.05) is 55.8 Å². The van der Waals surface area contributed by atoms with E-state index in [1.807, 2.05) is 12.1 Å². The van der Waals surface area contributed by atoms with Crippen LogP contribution in [0.5, 0.6) is 5.75 Å². The average Bonchev–Trinajstić information content (AvgIpc) is 2.82. The lowest BCUT2D eigenvalue weighted by atomic mass is 10.0. The zero-order valence-electron chi connectivity index (χ0n) is 19.8. The lowest BCUT2D eigenvalue weighted by Crippen LogP contribution is -2.46. The molecular formula is C24H28ClF3N6O. The summed E-state index contributed by atoms with van der Waals surface area (Å²) in [6.07, 6.45) is -4.50. The van der Waals surface area contributed by atoms with Crippen molar-refractivity contribution in [2.24, 2.45) is 0 Å². The molecule has 0 saturated carbocycles. The predicted molar refractivity (Wildman–Crippen MR) is 133 cm³/mol. The first-order chi connectivity index (χ1) is 16.6. The van der Waals surface area contributed by atoms with E-state index in [1.165, 1.54) is 6.07 Å². The average molecular weight is 509 g/mol. The zero-order valence-corrected chi connectivity index (χ0v) is 20.5. The number of nitrogen functional groups attached to an aromatic ring is 1. The monoisotopic (exact) mass is 508 g/mol. The van der Waals surface area contributed by atoms with Gasteiger partial charge in [-0.25, -0.2) is 9.97 Å². The van der Waals surface area contributed by atoms with Gasteiger partial charge in [0.05, 0.1) is 29.9 Å². The molecule has 1 aliphatic rings. The van der Waals surface area contributed by atoms with E-state index in [-0.39, 0.29) is 11.0 Å². The van der Waals surface area contributed by atoms with Gasteiger partial charge in [0.2, 0.25) is 5.28 Å². The van der Waals surface area contributed by atoms with Gasteiger partial charge in [-0.05, 0) is 54.9 Å². The van der Waals surface area contributed by atoms with E-state index in [1.54, 1.807) is 14.0 Å². The number of fused-ring (bicyclic) bond motifs is 1. The second-order valence-electron chi connectivity index (χ2n) is 8.56. The highest BCUT2D eigenvalue weighted by molar-refractivity contribution is 6.28. The summed E-state index contributed by atoms with van der Waals surface area (Å²) < 4.78 is 45.6. The molecule has 1 fully saturated rings. The first-order valence-electron chi connectivity index (χ1n) is 11.4. The zero-order chi connectivity index (χ0) is 25.3. The maximum atomic E-state index is 13.3. The highest BCUT2D eigenvalue weighted by atomic mass is 35.5. The maximum Gasteiger partial charge on any atom is 0.416 e. The van der Waals surface area contributed by atoms with Crippen LogP contribution in [0, 0.1) is 0 Å². The molecule has 1 aliphatic heterocycles. The molecule has 0 radical (unpaired) electrons. The largest absolute Gasteiger partial charge is 0.495 e. The number of halogens is 4. The first kappa shape index (κ1) is 25.1. The normalized spacial score (nSPS) is 15.9. The number of benzene rings is 2. The molecule has 2 aromatic carbocycles. The van der Waals surface area contributed by atoms with Crippen LogP contribution in [0.2, 0.25) is 5.28 Å². The number of rotatable bonds is 6. The SMILES string of the molecule is CCN1CCN(c2cc3c(N[C@H](C)c4cc(N)cc(C(F)(F)F)c4)nc(Cl)nc3cc2OC)CC1. The van der Waals surface area contributed by atoms with Gasteiger partial charge in [0, 0.05) is 43.3 Å². The van der Waals surface area contributed by atoms with Gasteiger partial charge < -0.3 is 25.6 Å². The van der Waals surface area contributed by atoms with E-state index in [2.05, 4.69) is 32.0 Å². The van der Waals surface area contributed by atoms with Crippen LogP contribution in [0.4, 0.5) is 30.4 Å². The second-order valence-corrected chi connectivity index (χ2v) is 8.89. The van der Waals surface area contributed by atoms with E-state index in [0.717, 1.165) is 50.5 Å². The number of nitrogens with two attached hydrogens (primary N) is 1. The molecule has 188 valence electrons. The smallest absolute Gasteiger partial charge is 0.416 e. The van der Waals surface area contributed by atoms with Crippen LogP contribution >= 0.6 is 11.6 Å². The molecular weight excluding hydrogens is 481 g/mol. The summed E-state index contributed by atoms with van der Waals surface area (Å²) in [6, 6.07) is 6.74. The van der Waals surface area contributed by atoms with E-state index >= 15 is 0 Å². The number of methoxy groups -OCH3 is 1. The minimum atomic E-state index is -4.50. The molecule has 0 amide bonds. The molecule has 1 aromatic heterocycles. The van der Waals surface area contributed by atoms with Crippen LogP contribution in [-0.2, 0) is 6.18 Å². The number of piperazine rings is 1. The topological polar surface area (TPSA) is 79.5 Å². The maximum absolute atomic E-state index is 13.3. The highest BCUT2D eigenvalue weighted by Gasteiger charge is 2.31. The number of ether oxygens (including phenoxy) is 1. The molecule has 3 aromatic rings. The van der Waals surface area contributed by atoms with Crippen LogP contribution in [0.3, 0.4) is 0 Å². The van der Waals surface area contributed by atoms with Gasteiger partial charge in [0.15, 0.2) is 0 Å². The summed E-state index contributed by atoms with van der Waals surface area (Å²) >= 11 is 6.19. The van der Waals surface area contributed by atoms with Crippen molar-refractivity contribution in [3.63, 3.8) is 0 Å². The van der Waals surface area contributed by atoms with Gasteiger partial charge >= 0.3 is 6.18 Å². The fourth-order valence-corrected chi connectivity index (χ4v) is 4.50. The summed E-state index contributed by atoms with van der Waals surface area (Å²) in [5.74, 6) is 1.08. The van der Waals surface area contributed by atoms with E-state index in [9.17, 15) is 13.2 Å². The number of aromatic nitrogens is 2. The third kappa shape index (κ3) is 5.48. The lowest BCUT2D eigenvalue weighted by Gasteiger charge is -2.36. The van der Waals surface area contributed by atoms with Crippen molar-refractivity contribution in [1.29, 1.82) is 0 Å². The van der Waals surface area contributed by atoms with Crippen molar-refractivity contribution >= 4 is 39.7 Å². The predicted octanol–water partition coefficient (Wildman–Crippen LogP) is 5.21. The Bertz CT molecular complexity index is 1210. The standard InChI is InChI=1S/C24H28ClF3N6O/c1-4-33-5-7-34(8-6-33)20-12-18-19(13-21(20)35-3)31-23(25)32-22(18)30-14(2)15-9-16(24(26,27)28)11-17(29)10-15/h9-14H,4-8,29H2,1-3H3,(H,30,31,32)/t14-/m1/s1. The number of nitrogens with one attached hydrogen (secondary N) is 1. The van der Waals surface area contributed by atoms with Crippen LogP contribution in [0.15, 0.2) is 30.3 Å². The van der Waals surface area contributed by atoms with Crippen LogP contribution in [0.1, 0.15) is 31.0 Å². The molecule has 0 aliphatic carbocycles. The third-order valence-corrected chi connectivity index (χ3v) is 6.46. The third-order valence-electron chi connectivity index (χ3n) is 6.29. The summed E-state index contributed by atoms with van der Waals surface area (Å²) in [5.41, 5.74) is 6.84. The van der Waals surface area contributed by atoms with Gasteiger partial charge in [-0.15, -0.1) is 0 Å². The summed E-state index contributed by atoms with van der Waals surface area (Å²) in [4.78, 5) is 13.3. The number of likely N-dealkylation sites (N-methyl/N-ethyl adjacent to an activating group) is 1. The Balaban J connectivity index is 1.72. The van der Waals surface area contributed by atoms with Crippen molar-refractivity contribution in [3.05, 3.63) is 46.7 Å². The molecule has 11 heteroatoms. The van der Waals surface area contributed by atoms with Crippen LogP contribution < -0.4 is 20.7 Å². The Morgan fingerprint density at radius 3 is 2.46 bits per heavy atom. The van der Waals surface area contributed by atoms with Gasteiger partial charge in [0.25, 0.3) is 0 Å². The number of alkyl halides is 3. The van der Waals surface area contributed by atoms with Gasteiger partial charge in [-0.2, -0.15) is 13.2 Å². The Morgan fingerprint density at radius 2 is 1.83 bits per heavy atom. The molecule has 35 heavy (non-hydrogen) atoms. The van der Waals surface area contributed by atoms with E-state index in [0.29, 0.717) is 28.0 Å².